The predicted octanol–water partition coefficient (Wildman–Crippen LogP) is 1.07. The summed E-state index contributed by atoms with van der Waals surface area (Å²) in [4.78, 5) is 8.84. The van der Waals surface area contributed by atoms with E-state index < -0.39 is 28.7 Å². The van der Waals surface area contributed by atoms with Gasteiger partial charge in [0.15, 0.2) is 0 Å². The Hall–Kier alpha value is -2.81. The third-order valence-electron chi connectivity index (χ3n) is 5.25. The second kappa shape index (κ2) is 8.74. The monoisotopic (exact) mass is 442 g/mol. The van der Waals surface area contributed by atoms with Crippen LogP contribution < -0.4 is 5.14 Å². The first kappa shape index (κ1) is 21.4. The fourth-order valence-corrected chi connectivity index (χ4v) is 4.10. The quantitative estimate of drug-likeness (QED) is 0.524. The fraction of sp³-hybridized carbons (Fsp3) is 0.333. The molecular weight excluding hydrogens is 420 g/mol. The lowest BCUT2D eigenvalue weighted by Gasteiger charge is -2.15. The Bertz CT molecular complexity index is 1220. The van der Waals surface area contributed by atoms with Crippen LogP contribution in [-0.2, 0) is 32.1 Å². The Labute approximate surface area is 180 Å². The standard InChI is InChI=1S/C21H22N4O5S/c1-2-15-11-25(19-10-17(26)18(30-19)12-29-31(22,27)28)21-20(15)16(23-13-24-21)9-8-14-6-4-3-5-7-14/h1,3-7,11,13,17-19,26H,8-10,12H2,(H2,22,27,28)/t17-,18+,19+/m0/s1. The lowest BCUT2D eigenvalue weighted by atomic mass is 10.1. The maximum absolute atomic E-state index is 11.0. The third kappa shape index (κ3) is 4.76. The molecular formula is C21H22N4O5S. The zero-order chi connectivity index (χ0) is 22.0. The Morgan fingerprint density at radius 1 is 1.29 bits per heavy atom. The number of hydrogen-bond donors (Lipinski definition) is 2. The molecule has 162 valence electrons. The Balaban J connectivity index is 1.60. The molecule has 0 spiro atoms. The molecule has 3 heterocycles. The zero-order valence-electron chi connectivity index (χ0n) is 16.6. The van der Waals surface area contributed by atoms with Gasteiger partial charge >= 0.3 is 10.3 Å². The number of fused-ring (bicyclic) bond motifs is 1. The molecule has 0 unspecified atom stereocenters. The molecule has 1 aliphatic rings. The van der Waals surface area contributed by atoms with Crippen molar-refractivity contribution in [2.24, 2.45) is 5.14 Å². The molecule has 31 heavy (non-hydrogen) atoms. The van der Waals surface area contributed by atoms with E-state index in [1.807, 2.05) is 18.2 Å². The van der Waals surface area contributed by atoms with E-state index in [0.29, 0.717) is 17.6 Å². The lowest BCUT2D eigenvalue weighted by Crippen LogP contribution is -2.30. The number of aryl methyl sites for hydroxylation is 2. The number of benzene rings is 1. The van der Waals surface area contributed by atoms with Crippen LogP contribution in [0.1, 0.15) is 29.5 Å². The van der Waals surface area contributed by atoms with Crippen molar-refractivity contribution in [3.05, 3.63) is 59.7 Å². The van der Waals surface area contributed by atoms with Crippen LogP contribution in [0.5, 0.6) is 0 Å². The molecule has 0 amide bonds. The fourth-order valence-electron chi connectivity index (χ4n) is 3.77. The van der Waals surface area contributed by atoms with Crippen molar-refractivity contribution in [2.75, 3.05) is 6.61 Å². The van der Waals surface area contributed by atoms with Crippen LogP contribution in [0.2, 0.25) is 0 Å². The molecule has 9 nitrogen and oxygen atoms in total. The van der Waals surface area contributed by atoms with Gasteiger partial charge in [0.2, 0.25) is 0 Å². The highest BCUT2D eigenvalue weighted by Gasteiger charge is 2.37. The highest BCUT2D eigenvalue weighted by Crippen LogP contribution is 2.34. The van der Waals surface area contributed by atoms with Crippen LogP contribution in [0, 0.1) is 12.3 Å². The van der Waals surface area contributed by atoms with Gasteiger partial charge in [-0.2, -0.15) is 8.42 Å². The topological polar surface area (TPSA) is 130 Å². The Morgan fingerprint density at radius 3 is 2.77 bits per heavy atom. The van der Waals surface area contributed by atoms with Gasteiger partial charge in [0.05, 0.1) is 29.4 Å². The summed E-state index contributed by atoms with van der Waals surface area (Å²) in [6, 6.07) is 10.1. The van der Waals surface area contributed by atoms with Crippen molar-refractivity contribution in [3.63, 3.8) is 0 Å². The molecule has 2 aromatic heterocycles. The van der Waals surface area contributed by atoms with Crippen molar-refractivity contribution in [1.82, 2.24) is 14.5 Å². The number of aromatic nitrogens is 3. The van der Waals surface area contributed by atoms with Gasteiger partial charge in [0, 0.05) is 12.6 Å². The van der Waals surface area contributed by atoms with Crippen molar-refractivity contribution in [2.45, 2.75) is 37.7 Å². The largest absolute Gasteiger partial charge is 0.390 e. The van der Waals surface area contributed by atoms with Gasteiger partial charge in [-0.05, 0) is 18.4 Å². The summed E-state index contributed by atoms with van der Waals surface area (Å²) in [5, 5.41) is 15.9. The van der Waals surface area contributed by atoms with Crippen molar-refractivity contribution in [3.8, 4) is 12.3 Å². The van der Waals surface area contributed by atoms with Crippen LogP contribution >= 0.6 is 0 Å². The molecule has 3 atom stereocenters. The first-order valence-corrected chi connectivity index (χ1v) is 11.2. The van der Waals surface area contributed by atoms with Crippen LogP contribution in [-0.4, -0.2) is 46.9 Å². The van der Waals surface area contributed by atoms with E-state index in [2.05, 4.69) is 32.2 Å². The second-order valence-electron chi connectivity index (χ2n) is 7.31. The van der Waals surface area contributed by atoms with Gasteiger partial charge in [-0.15, -0.1) is 6.42 Å². The Morgan fingerprint density at radius 2 is 2.06 bits per heavy atom. The SMILES string of the molecule is C#Cc1cn([C@H]2C[C@H](O)[C@@H](COS(N)(=O)=O)O2)c2ncnc(CCc3ccccc3)c12. The minimum atomic E-state index is -4.13. The van der Waals surface area contributed by atoms with Crippen molar-refractivity contribution in [1.29, 1.82) is 0 Å². The molecule has 4 rings (SSSR count). The molecule has 10 heteroatoms. The number of nitrogens with two attached hydrogens (primary N) is 1. The lowest BCUT2D eigenvalue weighted by molar-refractivity contribution is -0.0369. The molecule has 1 saturated heterocycles. The van der Waals surface area contributed by atoms with E-state index in [1.165, 1.54) is 11.9 Å². The van der Waals surface area contributed by atoms with E-state index >= 15 is 0 Å². The average molecular weight is 442 g/mol. The zero-order valence-corrected chi connectivity index (χ0v) is 17.4. The van der Waals surface area contributed by atoms with Gasteiger partial charge in [-0.25, -0.2) is 15.1 Å². The number of ether oxygens (including phenoxy) is 1. The molecule has 0 radical (unpaired) electrons. The molecule has 1 aliphatic heterocycles. The minimum absolute atomic E-state index is 0.218. The average Bonchev–Trinajstić information content (AvgIpc) is 3.31. The molecule has 1 aromatic carbocycles. The molecule has 0 bridgehead atoms. The highest BCUT2D eigenvalue weighted by molar-refractivity contribution is 7.84. The summed E-state index contributed by atoms with van der Waals surface area (Å²) in [5.41, 5.74) is 3.24. The van der Waals surface area contributed by atoms with E-state index in [1.54, 1.807) is 10.8 Å². The summed E-state index contributed by atoms with van der Waals surface area (Å²) < 4.78 is 34.2. The van der Waals surface area contributed by atoms with E-state index in [4.69, 9.17) is 16.3 Å². The normalized spacial score (nSPS) is 21.4. The van der Waals surface area contributed by atoms with Crippen LogP contribution in [0.3, 0.4) is 0 Å². The summed E-state index contributed by atoms with van der Waals surface area (Å²) >= 11 is 0. The van der Waals surface area contributed by atoms with Crippen molar-refractivity contribution < 1.29 is 22.4 Å². The van der Waals surface area contributed by atoms with Gasteiger partial charge in [-0.3, -0.25) is 4.18 Å². The van der Waals surface area contributed by atoms with Crippen molar-refractivity contribution >= 4 is 21.3 Å². The van der Waals surface area contributed by atoms with Crippen LogP contribution in [0.25, 0.3) is 11.0 Å². The molecule has 0 aliphatic carbocycles. The number of nitrogens with zero attached hydrogens (tertiary/aromatic N) is 3. The number of aliphatic hydroxyl groups excluding tert-OH is 1. The van der Waals surface area contributed by atoms with E-state index in [0.717, 1.165) is 17.5 Å². The molecule has 1 fully saturated rings. The summed E-state index contributed by atoms with van der Waals surface area (Å²) in [5.74, 6) is 2.68. The molecule has 0 saturated carbocycles. The van der Waals surface area contributed by atoms with Gasteiger partial charge < -0.3 is 14.4 Å². The number of rotatable bonds is 7. The minimum Gasteiger partial charge on any atom is -0.390 e. The third-order valence-corrected chi connectivity index (χ3v) is 5.71. The summed E-state index contributed by atoms with van der Waals surface area (Å²) in [6.07, 6.45) is 8.29. The predicted molar refractivity (Wildman–Crippen MR) is 113 cm³/mol. The maximum atomic E-state index is 11.0. The number of aliphatic hydroxyl groups is 1. The Kier molecular flexibility index (Phi) is 6.04. The summed E-state index contributed by atoms with van der Waals surface area (Å²) in [6.45, 7) is -0.380. The van der Waals surface area contributed by atoms with Crippen LogP contribution in [0.4, 0.5) is 0 Å². The van der Waals surface area contributed by atoms with Gasteiger partial charge in [0.1, 0.15) is 24.3 Å². The van der Waals surface area contributed by atoms with E-state index in [9.17, 15) is 13.5 Å². The first-order chi connectivity index (χ1) is 14.9. The maximum Gasteiger partial charge on any atom is 0.333 e. The highest BCUT2D eigenvalue weighted by atomic mass is 32.2. The molecule has 3 aromatic rings. The number of terminal acetylenes is 1. The van der Waals surface area contributed by atoms with Crippen LogP contribution in [0.15, 0.2) is 42.9 Å². The van der Waals surface area contributed by atoms with Gasteiger partial charge in [-0.1, -0.05) is 36.3 Å². The smallest absolute Gasteiger partial charge is 0.333 e. The number of hydrogen-bond acceptors (Lipinski definition) is 7. The van der Waals surface area contributed by atoms with Gasteiger partial charge in [0.25, 0.3) is 0 Å². The molecule has 3 N–H and O–H groups in total. The van der Waals surface area contributed by atoms with E-state index in [-0.39, 0.29) is 13.0 Å². The first-order valence-electron chi connectivity index (χ1n) is 9.71. The summed E-state index contributed by atoms with van der Waals surface area (Å²) in [7, 11) is -4.13. The second-order valence-corrected chi connectivity index (χ2v) is 8.53.